The summed E-state index contributed by atoms with van der Waals surface area (Å²) in [4.78, 5) is 12.0. The minimum Gasteiger partial charge on any atom is -0.493 e. The number of nitrogens with one attached hydrogen (secondary N) is 2. The third-order valence-corrected chi connectivity index (χ3v) is 3.40. The monoisotopic (exact) mass is 294 g/mol. The summed E-state index contributed by atoms with van der Waals surface area (Å²) < 4.78 is 10.5. The maximum Gasteiger partial charge on any atom is 0.237 e. The van der Waals surface area contributed by atoms with E-state index < -0.39 is 0 Å². The Kier molecular flexibility index (Phi) is 7.61. The van der Waals surface area contributed by atoms with Crippen LogP contribution >= 0.6 is 0 Å². The molecule has 0 spiro atoms. The lowest BCUT2D eigenvalue weighted by atomic mass is 10.1. The molecule has 1 amide bonds. The predicted octanol–water partition coefficient (Wildman–Crippen LogP) is 1.75. The number of likely N-dealkylation sites (N-methyl/N-ethyl adjacent to an activating group) is 1. The summed E-state index contributed by atoms with van der Waals surface area (Å²) in [7, 11) is 5.04. The van der Waals surface area contributed by atoms with Crippen LogP contribution in [0, 0.1) is 0 Å². The van der Waals surface area contributed by atoms with Crippen LogP contribution in [0.15, 0.2) is 18.2 Å². The van der Waals surface area contributed by atoms with Gasteiger partial charge in [-0.2, -0.15) is 0 Å². The molecule has 0 aromatic heterocycles. The molecule has 1 aromatic carbocycles. The fourth-order valence-electron chi connectivity index (χ4n) is 2.18. The fourth-order valence-corrected chi connectivity index (χ4v) is 2.18. The Balaban J connectivity index is 2.50. The van der Waals surface area contributed by atoms with Gasteiger partial charge in [0.2, 0.25) is 5.91 Å². The van der Waals surface area contributed by atoms with Gasteiger partial charge in [0, 0.05) is 6.54 Å². The Morgan fingerprint density at radius 3 is 2.52 bits per heavy atom. The molecule has 0 saturated carbocycles. The highest BCUT2D eigenvalue weighted by atomic mass is 16.5. The molecule has 0 aliphatic rings. The highest BCUT2D eigenvalue weighted by molar-refractivity contribution is 5.81. The van der Waals surface area contributed by atoms with E-state index >= 15 is 0 Å². The molecular formula is C16H26N2O3. The first kappa shape index (κ1) is 17.3. The van der Waals surface area contributed by atoms with E-state index in [1.54, 1.807) is 14.2 Å². The van der Waals surface area contributed by atoms with Gasteiger partial charge in [-0.3, -0.25) is 4.79 Å². The van der Waals surface area contributed by atoms with Crippen molar-refractivity contribution in [2.45, 2.75) is 32.2 Å². The van der Waals surface area contributed by atoms with Crippen molar-refractivity contribution in [1.82, 2.24) is 10.6 Å². The zero-order chi connectivity index (χ0) is 15.7. The lowest BCUT2D eigenvalue weighted by Crippen LogP contribution is -2.43. The highest BCUT2D eigenvalue weighted by Gasteiger charge is 2.14. The number of hydrogen-bond acceptors (Lipinski definition) is 4. The van der Waals surface area contributed by atoms with Crippen LogP contribution < -0.4 is 20.1 Å². The molecule has 0 heterocycles. The molecule has 0 radical (unpaired) electrons. The van der Waals surface area contributed by atoms with E-state index in [0.717, 1.165) is 24.8 Å². The summed E-state index contributed by atoms with van der Waals surface area (Å²) in [6.45, 7) is 2.68. The van der Waals surface area contributed by atoms with Gasteiger partial charge in [-0.25, -0.2) is 0 Å². The van der Waals surface area contributed by atoms with Gasteiger partial charge in [0.15, 0.2) is 11.5 Å². The topological polar surface area (TPSA) is 59.6 Å². The summed E-state index contributed by atoms with van der Waals surface area (Å²) in [6, 6.07) is 5.69. The van der Waals surface area contributed by atoms with Gasteiger partial charge in [0.1, 0.15) is 0 Å². The second-order valence-corrected chi connectivity index (χ2v) is 4.86. The van der Waals surface area contributed by atoms with Crippen LogP contribution in [0.2, 0.25) is 0 Å². The number of methoxy groups -OCH3 is 2. The van der Waals surface area contributed by atoms with Gasteiger partial charge >= 0.3 is 0 Å². The van der Waals surface area contributed by atoms with Gasteiger partial charge in [0.05, 0.1) is 20.3 Å². The first-order valence-corrected chi connectivity index (χ1v) is 7.32. The van der Waals surface area contributed by atoms with Crippen molar-refractivity contribution in [3.63, 3.8) is 0 Å². The largest absolute Gasteiger partial charge is 0.493 e. The Morgan fingerprint density at radius 1 is 1.24 bits per heavy atom. The van der Waals surface area contributed by atoms with Crippen molar-refractivity contribution in [2.24, 2.45) is 0 Å². The van der Waals surface area contributed by atoms with Crippen LogP contribution in [0.4, 0.5) is 0 Å². The molecule has 1 rings (SSSR count). The molecule has 0 aliphatic heterocycles. The molecule has 0 bridgehead atoms. The Labute approximate surface area is 127 Å². The second-order valence-electron chi connectivity index (χ2n) is 4.86. The van der Waals surface area contributed by atoms with Gasteiger partial charge in [-0.1, -0.05) is 19.4 Å². The Bertz CT molecular complexity index is 449. The molecule has 1 atom stereocenters. The summed E-state index contributed by atoms with van der Waals surface area (Å²) in [5.74, 6) is 1.48. The maximum absolute atomic E-state index is 12.0. The van der Waals surface area contributed by atoms with E-state index in [-0.39, 0.29) is 11.9 Å². The molecule has 1 aromatic rings. The minimum atomic E-state index is -0.111. The van der Waals surface area contributed by atoms with Crippen molar-refractivity contribution in [3.05, 3.63) is 23.8 Å². The Morgan fingerprint density at radius 2 is 1.95 bits per heavy atom. The van der Waals surface area contributed by atoms with E-state index in [2.05, 4.69) is 17.6 Å². The molecule has 2 N–H and O–H groups in total. The van der Waals surface area contributed by atoms with Crippen molar-refractivity contribution in [1.29, 1.82) is 0 Å². The molecular weight excluding hydrogens is 268 g/mol. The van der Waals surface area contributed by atoms with Gasteiger partial charge < -0.3 is 20.1 Å². The summed E-state index contributed by atoms with van der Waals surface area (Å²) in [6.07, 6.45) is 2.59. The van der Waals surface area contributed by atoms with E-state index in [0.29, 0.717) is 18.0 Å². The number of hydrogen-bond donors (Lipinski definition) is 2. The van der Waals surface area contributed by atoms with Crippen LogP contribution in [0.1, 0.15) is 25.3 Å². The molecule has 1 unspecified atom stereocenters. The summed E-state index contributed by atoms with van der Waals surface area (Å²) in [5.41, 5.74) is 1.10. The third-order valence-electron chi connectivity index (χ3n) is 3.40. The zero-order valence-corrected chi connectivity index (χ0v) is 13.4. The average molecular weight is 294 g/mol. The van der Waals surface area contributed by atoms with Crippen molar-refractivity contribution < 1.29 is 14.3 Å². The molecule has 0 saturated heterocycles. The Hall–Kier alpha value is -1.75. The number of rotatable bonds is 9. The van der Waals surface area contributed by atoms with Crippen LogP contribution in [0.3, 0.4) is 0 Å². The lowest BCUT2D eigenvalue weighted by molar-refractivity contribution is -0.123. The molecule has 118 valence electrons. The molecule has 0 fully saturated rings. The lowest BCUT2D eigenvalue weighted by Gasteiger charge is -2.15. The third kappa shape index (κ3) is 5.27. The van der Waals surface area contributed by atoms with Crippen molar-refractivity contribution >= 4 is 5.91 Å². The van der Waals surface area contributed by atoms with Crippen molar-refractivity contribution in [2.75, 3.05) is 27.8 Å². The molecule has 0 aliphatic carbocycles. The van der Waals surface area contributed by atoms with E-state index in [4.69, 9.17) is 9.47 Å². The van der Waals surface area contributed by atoms with E-state index in [9.17, 15) is 4.79 Å². The standard InChI is InChI=1S/C16H26N2O3/c1-5-6-13(17-2)16(19)18-10-9-12-7-8-14(20-3)15(11-12)21-4/h7-8,11,13,17H,5-6,9-10H2,1-4H3,(H,18,19). The number of ether oxygens (including phenoxy) is 2. The first-order valence-electron chi connectivity index (χ1n) is 7.32. The van der Waals surface area contributed by atoms with Crippen LogP contribution in [0.5, 0.6) is 11.5 Å². The van der Waals surface area contributed by atoms with Crippen LogP contribution in [-0.2, 0) is 11.2 Å². The molecule has 5 heteroatoms. The fraction of sp³-hybridized carbons (Fsp3) is 0.562. The number of carbonyl (C=O) groups excluding carboxylic acids is 1. The van der Waals surface area contributed by atoms with Gasteiger partial charge in [-0.15, -0.1) is 0 Å². The normalized spacial score (nSPS) is 11.8. The van der Waals surface area contributed by atoms with Crippen LogP contribution in [0.25, 0.3) is 0 Å². The number of amides is 1. The maximum atomic E-state index is 12.0. The average Bonchev–Trinajstić information content (AvgIpc) is 2.52. The quantitative estimate of drug-likeness (QED) is 0.728. The van der Waals surface area contributed by atoms with E-state index in [1.165, 1.54) is 0 Å². The van der Waals surface area contributed by atoms with E-state index in [1.807, 2.05) is 25.2 Å². The van der Waals surface area contributed by atoms with Gasteiger partial charge in [-0.05, 0) is 37.6 Å². The van der Waals surface area contributed by atoms with Gasteiger partial charge in [0.25, 0.3) is 0 Å². The first-order chi connectivity index (χ1) is 10.2. The number of benzene rings is 1. The number of carbonyl (C=O) groups is 1. The SMILES string of the molecule is CCCC(NC)C(=O)NCCc1ccc(OC)c(OC)c1. The minimum absolute atomic E-state index is 0.0554. The smallest absolute Gasteiger partial charge is 0.237 e. The highest BCUT2D eigenvalue weighted by Crippen LogP contribution is 2.27. The summed E-state index contributed by atoms with van der Waals surface area (Å²) >= 11 is 0. The van der Waals surface area contributed by atoms with Crippen molar-refractivity contribution in [3.8, 4) is 11.5 Å². The van der Waals surface area contributed by atoms with Crippen LogP contribution in [-0.4, -0.2) is 39.8 Å². The summed E-state index contributed by atoms with van der Waals surface area (Å²) in [5, 5.41) is 6.00. The second kappa shape index (κ2) is 9.23. The molecule has 21 heavy (non-hydrogen) atoms. The predicted molar refractivity (Wildman–Crippen MR) is 84.0 cm³/mol. The zero-order valence-electron chi connectivity index (χ0n) is 13.4. The molecule has 5 nitrogen and oxygen atoms in total.